The SMILES string of the molecule is CCn1sc(N)nc1=O. The molecule has 50 valence electrons. The monoisotopic (exact) mass is 145 g/mol. The highest BCUT2D eigenvalue weighted by atomic mass is 32.1. The first kappa shape index (κ1) is 6.28. The molecule has 0 bridgehead atoms. The molecule has 1 heterocycles. The normalized spacial score (nSPS) is 9.89. The summed E-state index contributed by atoms with van der Waals surface area (Å²) in [7, 11) is 0. The van der Waals surface area contributed by atoms with Gasteiger partial charge in [-0.2, -0.15) is 4.98 Å². The summed E-state index contributed by atoms with van der Waals surface area (Å²) in [5, 5.41) is 0.335. The third kappa shape index (κ3) is 1.10. The van der Waals surface area contributed by atoms with Crippen LogP contribution in [0.15, 0.2) is 4.79 Å². The molecule has 4 nitrogen and oxygen atoms in total. The second-order valence-electron chi connectivity index (χ2n) is 1.52. The molecule has 0 saturated heterocycles. The smallest absolute Gasteiger partial charge is 0.359 e. The van der Waals surface area contributed by atoms with Crippen LogP contribution in [0.2, 0.25) is 0 Å². The predicted octanol–water partition coefficient (Wildman–Crippen LogP) is -0.0931. The molecule has 5 heteroatoms. The number of hydrogen-bond donors (Lipinski definition) is 1. The maximum absolute atomic E-state index is 10.7. The molecule has 1 rings (SSSR count). The van der Waals surface area contributed by atoms with Crippen LogP contribution >= 0.6 is 11.5 Å². The molecule has 0 aliphatic rings. The average molecular weight is 145 g/mol. The summed E-state index contributed by atoms with van der Waals surface area (Å²) in [5.74, 6) is 0. The zero-order chi connectivity index (χ0) is 6.85. The maximum Gasteiger partial charge on any atom is 0.359 e. The van der Waals surface area contributed by atoms with Crippen molar-refractivity contribution in [1.82, 2.24) is 8.94 Å². The van der Waals surface area contributed by atoms with Crippen molar-refractivity contribution in [1.29, 1.82) is 0 Å². The molecule has 0 aliphatic heterocycles. The zero-order valence-electron chi connectivity index (χ0n) is 5.00. The van der Waals surface area contributed by atoms with Crippen molar-refractivity contribution in [2.75, 3.05) is 5.73 Å². The minimum atomic E-state index is -0.250. The minimum absolute atomic E-state index is 0.250. The number of nitrogens with zero attached hydrogens (tertiary/aromatic N) is 2. The fraction of sp³-hybridized carbons (Fsp3) is 0.500. The van der Waals surface area contributed by atoms with E-state index >= 15 is 0 Å². The van der Waals surface area contributed by atoms with Gasteiger partial charge in [0.05, 0.1) is 0 Å². The molecule has 0 aromatic carbocycles. The van der Waals surface area contributed by atoms with Gasteiger partial charge in [0.25, 0.3) is 0 Å². The molecule has 0 radical (unpaired) electrons. The molecule has 1 aromatic heterocycles. The van der Waals surface area contributed by atoms with Crippen LogP contribution in [0, 0.1) is 0 Å². The van der Waals surface area contributed by atoms with Crippen LogP contribution < -0.4 is 11.4 Å². The third-order valence-corrected chi connectivity index (χ3v) is 1.82. The van der Waals surface area contributed by atoms with Crippen molar-refractivity contribution < 1.29 is 0 Å². The van der Waals surface area contributed by atoms with E-state index in [1.54, 1.807) is 0 Å². The number of aromatic nitrogens is 2. The Bertz CT molecular complexity index is 251. The van der Waals surface area contributed by atoms with Crippen LogP contribution in [0.5, 0.6) is 0 Å². The number of hydrogen-bond acceptors (Lipinski definition) is 4. The molecule has 0 atom stereocenters. The van der Waals surface area contributed by atoms with E-state index in [9.17, 15) is 4.79 Å². The molecule has 0 aliphatic carbocycles. The van der Waals surface area contributed by atoms with Crippen LogP contribution in [0.4, 0.5) is 5.13 Å². The van der Waals surface area contributed by atoms with Gasteiger partial charge in [0.15, 0.2) is 0 Å². The van der Waals surface area contributed by atoms with Gasteiger partial charge in [0.1, 0.15) is 0 Å². The van der Waals surface area contributed by atoms with Gasteiger partial charge in [-0.3, -0.25) is 0 Å². The summed E-state index contributed by atoms with van der Waals surface area (Å²) in [5.41, 5.74) is 4.99. The highest BCUT2D eigenvalue weighted by molar-refractivity contribution is 7.10. The molecule has 0 unspecified atom stereocenters. The fourth-order valence-corrected chi connectivity index (χ4v) is 1.11. The van der Waals surface area contributed by atoms with Gasteiger partial charge in [-0.25, -0.2) is 8.75 Å². The number of nitrogen functional groups attached to an aromatic ring is 1. The first-order valence-electron chi connectivity index (χ1n) is 2.57. The van der Waals surface area contributed by atoms with Crippen LogP contribution in [-0.4, -0.2) is 8.94 Å². The van der Waals surface area contributed by atoms with Gasteiger partial charge >= 0.3 is 5.69 Å². The zero-order valence-corrected chi connectivity index (χ0v) is 5.81. The van der Waals surface area contributed by atoms with E-state index in [2.05, 4.69) is 4.98 Å². The molecule has 0 saturated carbocycles. The van der Waals surface area contributed by atoms with E-state index in [1.807, 2.05) is 6.92 Å². The van der Waals surface area contributed by atoms with Crippen LogP contribution in [0.25, 0.3) is 0 Å². The van der Waals surface area contributed by atoms with Crippen molar-refractivity contribution in [3.63, 3.8) is 0 Å². The predicted molar refractivity (Wildman–Crippen MR) is 36.5 cm³/mol. The lowest BCUT2D eigenvalue weighted by Gasteiger charge is -1.85. The van der Waals surface area contributed by atoms with Gasteiger partial charge in [-0.15, -0.1) is 0 Å². The van der Waals surface area contributed by atoms with Gasteiger partial charge in [0.2, 0.25) is 5.13 Å². The van der Waals surface area contributed by atoms with Crippen molar-refractivity contribution in [2.24, 2.45) is 0 Å². The van der Waals surface area contributed by atoms with Gasteiger partial charge < -0.3 is 5.73 Å². The summed E-state index contributed by atoms with van der Waals surface area (Å²) < 4.78 is 1.50. The Morgan fingerprint density at radius 3 is 2.78 bits per heavy atom. The van der Waals surface area contributed by atoms with Gasteiger partial charge in [-0.1, -0.05) is 0 Å². The quantitative estimate of drug-likeness (QED) is 0.600. The summed E-state index contributed by atoms with van der Waals surface area (Å²) in [6, 6.07) is 0. The van der Waals surface area contributed by atoms with Crippen molar-refractivity contribution >= 4 is 16.7 Å². The van der Waals surface area contributed by atoms with Gasteiger partial charge in [0, 0.05) is 6.54 Å². The van der Waals surface area contributed by atoms with E-state index < -0.39 is 0 Å². The number of anilines is 1. The Kier molecular flexibility index (Phi) is 1.52. The largest absolute Gasteiger partial charge is 0.374 e. The summed E-state index contributed by atoms with van der Waals surface area (Å²) in [4.78, 5) is 14.1. The van der Waals surface area contributed by atoms with Crippen molar-refractivity contribution in [3.8, 4) is 0 Å². The Morgan fingerprint density at radius 1 is 1.89 bits per heavy atom. The van der Waals surface area contributed by atoms with Crippen LogP contribution in [0.1, 0.15) is 6.92 Å². The van der Waals surface area contributed by atoms with E-state index in [1.165, 1.54) is 15.5 Å². The Balaban J connectivity index is 3.16. The Labute approximate surface area is 56.1 Å². The number of nitrogens with two attached hydrogens (primary N) is 1. The van der Waals surface area contributed by atoms with Crippen LogP contribution in [-0.2, 0) is 6.54 Å². The average Bonchev–Trinajstić information content (AvgIpc) is 2.10. The summed E-state index contributed by atoms with van der Waals surface area (Å²) >= 11 is 1.19. The lowest BCUT2D eigenvalue weighted by atomic mass is 10.8. The second kappa shape index (κ2) is 2.18. The first-order valence-corrected chi connectivity index (χ1v) is 3.35. The van der Waals surface area contributed by atoms with E-state index in [0.717, 1.165) is 0 Å². The maximum atomic E-state index is 10.7. The summed E-state index contributed by atoms with van der Waals surface area (Å²) in [6.07, 6.45) is 0. The Hall–Kier alpha value is -0.840. The van der Waals surface area contributed by atoms with E-state index in [4.69, 9.17) is 5.73 Å². The van der Waals surface area contributed by atoms with Crippen LogP contribution in [0.3, 0.4) is 0 Å². The molecule has 0 spiro atoms. The van der Waals surface area contributed by atoms with E-state index in [-0.39, 0.29) is 5.69 Å². The molecule has 0 amide bonds. The lowest BCUT2D eigenvalue weighted by molar-refractivity contribution is 0.788. The van der Waals surface area contributed by atoms with Crippen molar-refractivity contribution in [2.45, 2.75) is 13.5 Å². The topological polar surface area (TPSA) is 60.9 Å². The van der Waals surface area contributed by atoms with E-state index in [0.29, 0.717) is 11.7 Å². The molecule has 0 fully saturated rings. The fourth-order valence-electron chi connectivity index (χ4n) is 0.522. The van der Waals surface area contributed by atoms with Crippen molar-refractivity contribution in [3.05, 3.63) is 10.5 Å². The standard InChI is InChI=1S/C4H7N3OS/c1-2-7-4(8)6-3(5)9-7/h2H2,1H3,(H2,5,6,8). The van der Waals surface area contributed by atoms with Gasteiger partial charge in [-0.05, 0) is 18.5 Å². The second-order valence-corrected chi connectivity index (χ2v) is 2.56. The third-order valence-electron chi connectivity index (χ3n) is 0.910. The highest BCUT2D eigenvalue weighted by Crippen LogP contribution is 2.00. The number of rotatable bonds is 1. The highest BCUT2D eigenvalue weighted by Gasteiger charge is 1.97. The summed E-state index contributed by atoms with van der Waals surface area (Å²) in [6.45, 7) is 2.52. The molecule has 1 aromatic rings. The molecule has 2 N–H and O–H groups in total. The first-order chi connectivity index (χ1) is 4.24. The lowest BCUT2D eigenvalue weighted by Crippen LogP contribution is -2.13. The minimum Gasteiger partial charge on any atom is -0.374 e. The number of aryl methyl sites for hydroxylation is 1. The Morgan fingerprint density at radius 2 is 2.56 bits per heavy atom. The molecular weight excluding hydrogens is 138 g/mol. The molecular formula is C4H7N3OS. The molecule has 9 heavy (non-hydrogen) atoms.